The number of rotatable bonds is 2. The van der Waals surface area contributed by atoms with Crippen LogP contribution in [0, 0.1) is 0 Å². The number of nitrogens with zero attached hydrogens (tertiary/aromatic N) is 2. The lowest BCUT2D eigenvalue weighted by Gasteiger charge is -2.35. The zero-order chi connectivity index (χ0) is 15.6. The molecule has 3 aromatic rings. The first-order chi connectivity index (χ1) is 11.3. The van der Waals surface area contributed by atoms with E-state index in [2.05, 4.69) is 84.6 Å². The largest absolute Gasteiger partial charge is 0.318 e. The highest BCUT2D eigenvalue weighted by molar-refractivity contribution is 6.17. The van der Waals surface area contributed by atoms with Gasteiger partial charge in [0, 0.05) is 16.8 Å². The molecule has 3 aromatic carbocycles. The monoisotopic (exact) mass is 298 g/mol. The lowest BCUT2D eigenvalue weighted by Crippen LogP contribution is -2.33. The zero-order valence-corrected chi connectivity index (χ0v) is 13.1. The lowest BCUT2D eigenvalue weighted by atomic mass is 9.97. The van der Waals surface area contributed by atoms with E-state index in [-0.39, 0.29) is 6.17 Å². The minimum atomic E-state index is 0.0579. The summed E-state index contributed by atoms with van der Waals surface area (Å²) in [6.45, 7) is 2.14. The number of aliphatic imine (C=N–C) groups is 1. The van der Waals surface area contributed by atoms with Crippen LogP contribution in [0.2, 0.25) is 0 Å². The summed E-state index contributed by atoms with van der Waals surface area (Å²) in [4.78, 5) is 7.29. The fraction of sp³-hybridized carbons (Fsp3) is 0.0952. The normalized spacial score (nSPS) is 16.7. The van der Waals surface area contributed by atoms with Crippen molar-refractivity contribution in [2.75, 3.05) is 4.90 Å². The van der Waals surface area contributed by atoms with Crippen molar-refractivity contribution in [3.8, 4) is 0 Å². The van der Waals surface area contributed by atoms with Gasteiger partial charge in [0.2, 0.25) is 0 Å². The van der Waals surface area contributed by atoms with Gasteiger partial charge in [-0.2, -0.15) is 0 Å². The standard InChI is InChI=1S/C21H18N2/c1-16-22-21(17-10-4-2-5-11-17)19-14-8-9-15-20(19)23(16)18-12-6-3-7-13-18/h2-16H,1H3. The fourth-order valence-corrected chi connectivity index (χ4v) is 3.17. The molecule has 2 heteroatoms. The molecule has 0 aromatic heterocycles. The summed E-state index contributed by atoms with van der Waals surface area (Å²) in [5.41, 5.74) is 5.80. The summed E-state index contributed by atoms with van der Waals surface area (Å²) < 4.78 is 0. The van der Waals surface area contributed by atoms with E-state index in [0.29, 0.717) is 0 Å². The maximum atomic E-state index is 4.99. The highest BCUT2D eigenvalue weighted by Crippen LogP contribution is 2.36. The van der Waals surface area contributed by atoms with Crippen molar-refractivity contribution < 1.29 is 0 Å². The summed E-state index contributed by atoms with van der Waals surface area (Å²) in [5, 5.41) is 0. The second-order valence-electron chi connectivity index (χ2n) is 5.70. The highest BCUT2D eigenvalue weighted by Gasteiger charge is 2.26. The van der Waals surface area contributed by atoms with E-state index in [1.54, 1.807) is 0 Å². The lowest BCUT2D eigenvalue weighted by molar-refractivity contribution is 0.744. The summed E-state index contributed by atoms with van der Waals surface area (Å²) in [5.74, 6) is 0. The molecular weight excluding hydrogens is 280 g/mol. The molecule has 23 heavy (non-hydrogen) atoms. The Kier molecular flexibility index (Phi) is 3.43. The van der Waals surface area contributed by atoms with Crippen molar-refractivity contribution >= 4 is 17.1 Å². The second-order valence-corrected chi connectivity index (χ2v) is 5.70. The van der Waals surface area contributed by atoms with Crippen LogP contribution in [0.4, 0.5) is 11.4 Å². The van der Waals surface area contributed by atoms with Crippen LogP contribution >= 0.6 is 0 Å². The van der Waals surface area contributed by atoms with Gasteiger partial charge in [-0.25, -0.2) is 0 Å². The van der Waals surface area contributed by atoms with E-state index < -0.39 is 0 Å². The van der Waals surface area contributed by atoms with Crippen molar-refractivity contribution in [3.05, 3.63) is 96.1 Å². The summed E-state index contributed by atoms with van der Waals surface area (Å²) >= 11 is 0. The van der Waals surface area contributed by atoms with Crippen LogP contribution in [0.5, 0.6) is 0 Å². The minimum Gasteiger partial charge on any atom is -0.318 e. The van der Waals surface area contributed by atoms with E-state index in [1.165, 1.54) is 22.5 Å². The van der Waals surface area contributed by atoms with Gasteiger partial charge in [-0.1, -0.05) is 66.7 Å². The topological polar surface area (TPSA) is 15.6 Å². The molecule has 0 N–H and O–H groups in total. The Balaban J connectivity index is 1.89. The molecule has 0 bridgehead atoms. The van der Waals surface area contributed by atoms with Crippen molar-refractivity contribution in [3.63, 3.8) is 0 Å². The number of anilines is 2. The Morgan fingerprint density at radius 3 is 2.09 bits per heavy atom. The number of fused-ring (bicyclic) bond motifs is 1. The van der Waals surface area contributed by atoms with E-state index >= 15 is 0 Å². The molecule has 4 rings (SSSR count). The van der Waals surface area contributed by atoms with Crippen molar-refractivity contribution in [2.45, 2.75) is 13.1 Å². The van der Waals surface area contributed by atoms with E-state index in [4.69, 9.17) is 4.99 Å². The first-order valence-electron chi connectivity index (χ1n) is 7.91. The second kappa shape index (κ2) is 5.73. The molecule has 1 heterocycles. The van der Waals surface area contributed by atoms with Crippen LogP contribution in [-0.4, -0.2) is 11.9 Å². The van der Waals surface area contributed by atoms with Crippen molar-refractivity contribution in [1.82, 2.24) is 0 Å². The first kappa shape index (κ1) is 13.8. The van der Waals surface area contributed by atoms with Gasteiger partial charge >= 0.3 is 0 Å². The Labute approximate surface area is 136 Å². The molecule has 0 spiro atoms. The molecule has 0 aliphatic carbocycles. The maximum Gasteiger partial charge on any atom is 0.123 e. The van der Waals surface area contributed by atoms with Gasteiger partial charge < -0.3 is 4.90 Å². The average molecular weight is 298 g/mol. The van der Waals surface area contributed by atoms with E-state index in [1.807, 2.05) is 12.1 Å². The van der Waals surface area contributed by atoms with Gasteiger partial charge in [0.1, 0.15) is 6.17 Å². The SMILES string of the molecule is CC1N=C(c2ccccc2)c2ccccc2N1c1ccccc1. The zero-order valence-electron chi connectivity index (χ0n) is 13.1. The van der Waals surface area contributed by atoms with E-state index in [9.17, 15) is 0 Å². The fourth-order valence-electron chi connectivity index (χ4n) is 3.17. The van der Waals surface area contributed by atoms with Crippen LogP contribution in [0.15, 0.2) is 89.9 Å². The third-order valence-corrected chi connectivity index (χ3v) is 4.19. The first-order valence-corrected chi connectivity index (χ1v) is 7.91. The molecule has 0 saturated carbocycles. The number of benzene rings is 3. The molecule has 2 nitrogen and oxygen atoms in total. The predicted molar refractivity (Wildman–Crippen MR) is 96.6 cm³/mol. The van der Waals surface area contributed by atoms with Gasteiger partial charge in [0.05, 0.1) is 11.4 Å². The number of para-hydroxylation sites is 2. The molecule has 0 radical (unpaired) electrons. The quantitative estimate of drug-likeness (QED) is 0.648. The molecule has 1 aliphatic heterocycles. The van der Waals surface area contributed by atoms with Crippen LogP contribution in [0.1, 0.15) is 18.1 Å². The average Bonchev–Trinajstić information content (AvgIpc) is 2.62. The third kappa shape index (κ3) is 2.42. The Morgan fingerprint density at radius 2 is 1.35 bits per heavy atom. The van der Waals surface area contributed by atoms with Gasteiger partial charge in [-0.05, 0) is 25.1 Å². The van der Waals surface area contributed by atoms with Gasteiger partial charge in [0.15, 0.2) is 0 Å². The molecule has 1 aliphatic rings. The van der Waals surface area contributed by atoms with Crippen LogP contribution in [0.25, 0.3) is 0 Å². The van der Waals surface area contributed by atoms with Gasteiger partial charge in [-0.3, -0.25) is 4.99 Å². The van der Waals surface area contributed by atoms with Crippen molar-refractivity contribution in [2.24, 2.45) is 4.99 Å². The van der Waals surface area contributed by atoms with Gasteiger partial charge in [0.25, 0.3) is 0 Å². The van der Waals surface area contributed by atoms with Crippen molar-refractivity contribution in [1.29, 1.82) is 0 Å². The Morgan fingerprint density at radius 1 is 0.739 bits per heavy atom. The third-order valence-electron chi connectivity index (χ3n) is 4.19. The smallest absolute Gasteiger partial charge is 0.123 e. The molecule has 0 fully saturated rings. The minimum absolute atomic E-state index is 0.0579. The Hall–Kier alpha value is -2.87. The maximum absolute atomic E-state index is 4.99. The van der Waals surface area contributed by atoms with Gasteiger partial charge in [-0.15, -0.1) is 0 Å². The van der Waals surface area contributed by atoms with Crippen LogP contribution < -0.4 is 4.90 Å². The van der Waals surface area contributed by atoms with Crippen LogP contribution in [0.3, 0.4) is 0 Å². The molecule has 0 saturated heterocycles. The summed E-state index contributed by atoms with van der Waals surface area (Å²) in [6.07, 6.45) is 0.0579. The summed E-state index contributed by atoms with van der Waals surface area (Å²) in [6, 6.07) is 29.4. The molecular formula is C21H18N2. The number of hydrogen-bond acceptors (Lipinski definition) is 2. The summed E-state index contributed by atoms with van der Waals surface area (Å²) in [7, 11) is 0. The molecule has 1 unspecified atom stereocenters. The molecule has 112 valence electrons. The Bertz CT molecular complexity index is 838. The van der Waals surface area contributed by atoms with Crippen LogP contribution in [-0.2, 0) is 0 Å². The highest BCUT2D eigenvalue weighted by atomic mass is 15.3. The molecule has 0 amide bonds. The predicted octanol–water partition coefficient (Wildman–Crippen LogP) is 5.02. The number of hydrogen-bond donors (Lipinski definition) is 0. The van der Waals surface area contributed by atoms with E-state index in [0.717, 1.165) is 5.71 Å². The molecule has 1 atom stereocenters.